The van der Waals surface area contributed by atoms with E-state index < -0.39 is 17.9 Å². The molecule has 1 aliphatic heterocycles. The van der Waals surface area contributed by atoms with Crippen LogP contribution in [0.25, 0.3) is 0 Å². The van der Waals surface area contributed by atoms with Gasteiger partial charge in [0, 0.05) is 11.3 Å². The smallest absolute Gasteiger partial charge is 0.338 e. The lowest BCUT2D eigenvalue weighted by Crippen LogP contribution is -2.25. The summed E-state index contributed by atoms with van der Waals surface area (Å²) in [4.78, 5) is 39.6. The van der Waals surface area contributed by atoms with Gasteiger partial charge in [0.05, 0.1) is 11.3 Å². The summed E-state index contributed by atoms with van der Waals surface area (Å²) >= 11 is 0. The minimum atomic E-state index is -1.01. The molecule has 0 bridgehead atoms. The van der Waals surface area contributed by atoms with Crippen molar-refractivity contribution in [3.8, 4) is 11.5 Å². The summed E-state index contributed by atoms with van der Waals surface area (Å²) in [5.41, 5.74) is 2.21. The monoisotopic (exact) mass is 357 g/mol. The number of esters is 1. The summed E-state index contributed by atoms with van der Waals surface area (Å²) in [7, 11) is 0. The second-order valence-electron chi connectivity index (χ2n) is 6.16. The zero-order chi connectivity index (χ0) is 19.0. The highest BCUT2D eigenvalue weighted by Crippen LogP contribution is 2.32. The van der Waals surface area contributed by atoms with Crippen molar-refractivity contribution in [1.29, 1.82) is 0 Å². The summed E-state index contributed by atoms with van der Waals surface area (Å²) in [5.74, 6) is -0.148. The molecule has 26 heavy (non-hydrogen) atoms. The Hall–Kier alpha value is -3.09. The van der Waals surface area contributed by atoms with Crippen molar-refractivity contribution in [3.05, 3.63) is 46.3 Å². The van der Waals surface area contributed by atoms with Crippen LogP contribution in [0, 0.1) is 13.8 Å². The molecule has 0 radical (unpaired) electrons. The van der Waals surface area contributed by atoms with Gasteiger partial charge in [-0.1, -0.05) is 0 Å². The maximum atomic E-state index is 12.6. The first-order valence-corrected chi connectivity index (χ1v) is 8.14. The Morgan fingerprint density at radius 3 is 2.50 bits per heavy atom. The summed E-state index contributed by atoms with van der Waals surface area (Å²) in [5, 5.41) is 0. The van der Waals surface area contributed by atoms with Gasteiger partial charge < -0.3 is 19.2 Å². The molecule has 1 N–H and O–H groups in total. The molecule has 0 aliphatic carbocycles. The van der Waals surface area contributed by atoms with Crippen molar-refractivity contribution >= 4 is 17.5 Å². The molecular weight excluding hydrogens is 338 g/mol. The number of carbonyl (C=O) groups is 3. The number of rotatable bonds is 5. The molecule has 7 heteroatoms. The SMILES string of the molecule is CC(=O)c1c(C)[nH]c(C(=O)[C@H](C)OC(=O)c2ccc3c(c2)OCO3)c1C. The Kier molecular flexibility index (Phi) is 4.54. The molecule has 0 saturated heterocycles. The van der Waals surface area contributed by atoms with Gasteiger partial charge in [-0.2, -0.15) is 0 Å². The third-order valence-corrected chi connectivity index (χ3v) is 4.30. The van der Waals surface area contributed by atoms with Gasteiger partial charge in [0.25, 0.3) is 0 Å². The largest absolute Gasteiger partial charge is 0.454 e. The van der Waals surface area contributed by atoms with Gasteiger partial charge in [0.2, 0.25) is 12.6 Å². The third-order valence-electron chi connectivity index (χ3n) is 4.30. The number of hydrogen-bond acceptors (Lipinski definition) is 6. The predicted molar refractivity (Wildman–Crippen MR) is 92.0 cm³/mol. The summed E-state index contributed by atoms with van der Waals surface area (Å²) in [6.07, 6.45) is -1.01. The van der Waals surface area contributed by atoms with Gasteiger partial charge >= 0.3 is 5.97 Å². The summed E-state index contributed by atoms with van der Waals surface area (Å²) in [6.45, 7) is 6.47. The first-order valence-electron chi connectivity index (χ1n) is 8.14. The lowest BCUT2D eigenvalue weighted by atomic mass is 10.0. The van der Waals surface area contributed by atoms with E-state index in [1.165, 1.54) is 19.9 Å². The van der Waals surface area contributed by atoms with Crippen LogP contribution in [-0.4, -0.2) is 35.4 Å². The molecule has 136 valence electrons. The number of hydrogen-bond donors (Lipinski definition) is 1. The second kappa shape index (κ2) is 6.67. The number of Topliss-reactive ketones (excluding diaryl/α,β-unsaturated/α-hetero) is 2. The average Bonchev–Trinajstić information content (AvgIpc) is 3.17. The fourth-order valence-electron chi connectivity index (χ4n) is 3.03. The molecule has 0 fully saturated rings. The number of H-pyrrole nitrogens is 1. The van der Waals surface area contributed by atoms with E-state index >= 15 is 0 Å². The molecule has 1 atom stereocenters. The Balaban J connectivity index is 1.76. The third kappa shape index (κ3) is 3.08. The number of nitrogens with one attached hydrogen (secondary N) is 1. The van der Waals surface area contributed by atoms with E-state index in [2.05, 4.69) is 4.98 Å². The number of fused-ring (bicyclic) bond motifs is 1. The standard InChI is InChI=1S/C19H19NO6/c1-9-16(11(3)21)10(2)20-17(9)18(22)12(4)26-19(23)13-5-6-14-15(7-13)25-8-24-14/h5-7,12,20H,8H2,1-4H3/t12-/m0/s1. The highest BCUT2D eigenvalue weighted by Gasteiger charge is 2.27. The van der Waals surface area contributed by atoms with Gasteiger partial charge in [-0.15, -0.1) is 0 Å². The van der Waals surface area contributed by atoms with Crippen molar-refractivity contribution in [2.75, 3.05) is 6.79 Å². The molecule has 0 unspecified atom stereocenters. The number of aryl methyl sites for hydroxylation is 1. The highest BCUT2D eigenvalue weighted by atomic mass is 16.7. The van der Waals surface area contributed by atoms with Crippen LogP contribution in [0.15, 0.2) is 18.2 Å². The Labute approximate surface area is 150 Å². The van der Waals surface area contributed by atoms with Gasteiger partial charge in [0.1, 0.15) is 0 Å². The molecule has 3 rings (SSSR count). The minimum absolute atomic E-state index is 0.104. The molecule has 0 saturated carbocycles. The minimum Gasteiger partial charge on any atom is -0.454 e. The number of aromatic nitrogens is 1. The van der Waals surface area contributed by atoms with E-state index in [9.17, 15) is 14.4 Å². The van der Waals surface area contributed by atoms with Crippen molar-refractivity contribution in [2.45, 2.75) is 33.8 Å². The fourth-order valence-corrected chi connectivity index (χ4v) is 3.03. The normalized spacial score (nSPS) is 13.4. The number of ketones is 2. The van der Waals surface area contributed by atoms with Gasteiger partial charge in [-0.05, 0) is 51.5 Å². The summed E-state index contributed by atoms with van der Waals surface area (Å²) in [6, 6.07) is 4.67. The zero-order valence-electron chi connectivity index (χ0n) is 15.0. The van der Waals surface area contributed by atoms with E-state index in [1.54, 1.807) is 26.0 Å². The fraction of sp³-hybridized carbons (Fsp3) is 0.316. The van der Waals surface area contributed by atoms with Crippen molar-refractivity contribution in [1.82, 2.24) is 4.98 Å². The van der Waals surface area contributed by atoms with Gasteiger partial charge in [0.15, 0.2) is 23.4 Å². The molecule has 1 aromatic carbocycles. The second-order valence-corrected chi connectivity index (χ2v) is 6.16. The molecule has 7 nitrogen and oxygen atoms in total. The summed E-state index contributed by atoms with van der Waals surface area (Å²) < 4.78 is 15.7. The Morgan fingerprint density at radius 2 is 1.85 bits per heavy atom. The van der Waals surface area contributed by atoms with E-state index in [-0.39, 0.29) is 23.8 Å². The first-order chi connectivity index (χ1) is 12.3. The van der Waals surface area contributed by atoms with E-state index in [4.69, 9.17) is 14.2 Å². The molecule has 1 aliphatic rings. The van der Waals surface area contributed by atoms with Crippen molar-refractivity contribution in [2.24, 2.45) is 0 Å². The van der Waals surface area contributed by atoms with Crippen LogP contribution < -0.4 is 9.47 Å². The molecule has 0 spiro atoms. The van der Waals surface area contributed by atoms with Crippen LogP contribution in [-0.2, 0) is 4.74 Å². The first kappa shape index (κ1) is 17.7. The number of aromatic amines is 1. The lowest BCUT2D eigenvalue weighted by molar-refractivity contribution is 0.0316. The van der Waals surface area contributed by atoms with E-state index in [0.29, 0.717) is 28.3 Å². The van der Waals surface area contributed by atoms with E-state index in [0.717, 1.165) is 0 Å². The molecule has 2 heterocycles. The van der Waals surface area contributed by atoms with Crippen LogP contribution in [0.4, 0.5) is 0 Å². The Morgan fingerprint density at radius 1 is 1.15 bits per heavy atom. The maximum absolute atomic E-state index is 12.6. The maximum Gasteiger partial charge on any atom is 0.338 e. The van der Waals surface area contributed by atoms with E-state index in [1.807, 2.05) is 0 Å². The van der Waals surface area contributed by atoms with Crippen molar-refractivity contribution < 1.29 is 28.6 Å². The van der Waals surface area contributed by atoms with Crippen LogP contribution in [0.5, 0.6) is 11.5 Å². The van der Waals surface area contributed by atoms with Crippen molar-refractivity contribution in [3.63, 3.8) is 0 Å². The number of ether oxygens (including phenoxy) is 3. The highest BCUT2D eigenvalue weighted by molar-refractivity contribution is 6.05. The predicted octanol–water partition coefficient (Wildman–Crippen LogP) is 2.99. The average molecular weight is 357 g/mol. The quantitative estimate of drug-likeness (QED) is 0.653. The molecule has 0 amide bonds. The number of carbonyl (C=O) groups excluding carboxylic acids is 3. The van der Waals surface area contributed by atoms with Crippen LogP contribution in [0.2, 0.25) is 0 Å². The molecule has 2 aromatic rings. The van der Waals surface area contributed by atoms with Crippen LogP contribution in [0.3, 0.4) is 0 Å². The zero-order valence-corrected chi connectivity index (χ0v) is 15.0. The molecular formula is C19H19NO6. The molecule has 1 aromatic heterocycles. The van der Waals surface area contributed by atoms with Crippen LogP contribution >= 0.6 is 0 Å². The van der Waals surface area contributed by atoms with Gasteiger partial charge in [-0.25, -0.2) is 4.79 Å². The topological polar surface area (TPSA) is 94.7 Å². The van der Waals surface area contributed by atoms with Crippen LogP contribution in [0.1, 0.15) is 56.3 Å². The number of benzene rings is 1. The van der Waals surface area contributed by atoms with Gasteiger partial charge in [-0.3, -0.25) is 9.59 Å². The lowest BCUT2D eigenvalue weighted by Gasteiger charge is -2.12. The Bertz CT molecular complexity index is 911.